The fraction of sp³-hybridized carbons (Fsp3) is 0.348. The van der Waals surface area contributed by atoms with E-state index in [1.165, 1.54) is 10.5 Å². The summed E-state index contributed by atoms with van der Waals surface area (Å²) in [7, 11) is 0. The third kappa shape index (κ3) is 4.06. The molecule has 2 fully saturated rings. The molecule has 2 amide bonds. The van der Waals surface area contributed by atoms with E-state index < -0.39 is 17.5 Å². The molecule has 2 aromatic heterocycles. The van der Waals surface area contributed by atoms with Crippen LogP contribution in [0, 0.1) is 0 Å². The Morgan fingerprint density at radius 2 is 1.48 bits per heavy atom. The van der Waals surface area contributed by atoms with Crippen LogP contribution >= 0.6 is 0 Å². The number of aliphatic hydroxyl groups is 1. The minimum Gasteiger partial charge on any atom is -0.380 e. The molecule has 1 saturated carbocycles. The van der Waals surface area contributed by atoms with Gasteiger partial charge in [0.2, 0.25) is 0 Å². The standard InChI is InChI=1S/C23H21F3N4O3/c24-23(25,26)18-14-30-13-17(5-6-19(30)27-18)15-1-3-16(4-2-15)20(31)28-9-11-29(12-10-28)21(32)22(33)7-8-22/h1-6,13-14,33H,7-12H2. The fourth-order valence-corrected chi connectivity index (χ4v) is 4.03. The monoisotopic (exact) mass is 458 g/mol. The summed E-state index contributed by atoms with van der Waals surface area (Å²) in [6, 6.07) is 10.1. The van der Waals surface area contributed by atoms with E-state index in [2.05, 4.69) is 4.98 Å². The first-order valence-electron chi connectivity index (χ1n) is 10.6. The molecule has 1 saturated heterocycles. The van der Waals surface area contributed by atoms with Gasteiger partial charge in [-0.15, -0.1) is 0 Å². The smallest absolute Gasteiger partial charge is 0.380 e. The largest absolute Gasteiger partial charge is 0.434 e. The van der Waals surface area contributed by atoms with E-state index in [1.54, 1.807) is 46.3 Å². The number of benzene rings is 1. The van der Waals surface area contributed by atoms with Gasteiger partial charge in [0, 0.05) is 44.1 Å². The van der Waals surface area contributed by atoms with Crippen molar-refractivity contribution < 1.29 is 27.9 Å². The van der Waals surface area contributed by atoms with Gasteiger partial charge >= 0.3 is 6.18 Å². The molecule has 10 heteroatoms. The molecule has 1 aliphatic carbocycles. The number of halogens is 3. The molecule has 1 aliphatic heterocycles. The van der Waals surface area contributed by atoms with Crippen molar-refractivity contribution in [1.82, 2.24) is 19.2 Å². The van der Waals surface area contributed by atoms with E-state index in [0.29, 0.717) is 50.1 Å². The quantitative estimate of drug-likeness (QED) is 0.655. The van der Waals surface area contributed by atoms with E-state index in [0.717, 1.165) is 11.8 Å². The van der Waals surface area contributed by atoms with Crippen LogP contribution in [0.3, 0.4) is 0 Å². The van der Waals surface area contributed by atoms with Crippen molar-refractivity contribution in [2.24, 2.45) is 0 Å². The number of piperazine rings is 1. The molecule has 0 radical (unpaired) electrons. The second-order valence-electron chi connectivity index (χ2n) is 8.50. The van der Waals surface area contributed by atoms with E-state index >= 15 is 0 Å². The van der Waals surface area contributed by atoms with Gasteiger partial charge in [0.15, 0.2) is 5.69 Å². The van der Waals surface area contributed by atoms with Crippen molar-refractivity contribution >= 4 is 17.5 Å². The number of carbonyl (C=O) groups is 2. The van der Waals surface area contributed by atoms with Crippen molar-refractivity contribution in [3.8, 4) is 11.1 Å². The summed E-state index contributed by atoms with van der Waals surface area (Å²) in [5.74, 6) is -0.408. The van der Waals surface area contributed by atoms with E-state index in [-0.39, 0.29) is 17.5 Å². The predicted octanol–water partition coefficient (Wildman–Crippen LogP) is 2.83. The van der Waals surface area contributed by atoms with Crippen molar-refractivity contribution in [3.63, 3.8) is 0 Å². The van der Waals surface area contributed by atoms with Gasteiger partial charge < -0.3 is 19.3 Å². The van der Waals surface area contributed by atoms with Gasteiger partial charge in [-0.25, -0.2) is 4.98 Å². The van der Waals surface area contributed by atoms with Gasteiger partial charge in [-0.1, -0.05) is 12.1 Å². The van der Waals surface area contributed by atoms with Crippen LogP contribution in [-0.4, -0.2) is 67.9 Å². The number of hydrogen-bond acceptors (Lipinski definition) is 4. The second-order valence-corrected chi connectivity index (χ2v) is 8.50. The van der Waals surface area contributed by atoms with Crippen molar-refractivity contribution in [2.75, 3.05) is 26.2 Å². The van der Waals surface area contributed by atoms with Crippen LogP contribution in [0.1, 0.15) is 28.9 Å². The van der Waals surface area contributed by atoms with Crippen molar-refractivity contribution in [3.05, 3.63) is 60.0 Å². The molecule has 172 valence electrons. The molecule has 0 unspecified atom stereocenters. The number of alkyl halides is 3. The Morgan fingerprint density at radius 3 is 2.09 bits per heavy atom. The molecule has 7 nitrogen and oxygen atoms in total. The number of carbonyl (C=O) groups excluding carboxylic acids is 2. The summed E-state index contributed by atoms with van der Waals surface area (Å²) < 4.78 is 40.0. The second kappa shape index (κ2) is 7.58. The maximum Gasteiger partial charge on any atom is 0.434 e. The van der Waals surface area contributed by atoms with Crippen LogP contribution in [0.15, 0.2) is 48.8 Å². The van der Waals surface area contributed by atoms with Crippen LogP contribution in [0.5, 0.6) is 0 Å². The number of amides is 2. The number of pyridine rings is 1. The first kappa shape index (κ1) is 21.4. The zero-order valence-corrected chi connectivity index (χ0v) is 17.5. The molecule has 0 atom stereocenters. The molecule has 3 heterocycles. The summed E-state index contributed by atoms with van der Waals surface area (Å²) in [4.78, 5) is 32.0. The van der Waals surface area contributed by atoms with Crippen LogP contribution in [0.4, 0.5) is 13.2 Å². The average molecular weight is 458 g/mol. The number of nitrogens with zero attached hydrogens (tertiary/aromatic N) is 4. The molecule has 1 N–H and O–H groups in total. The Kier molecular flexibility index (Phi) is 4.93. The van der Waals surface area contributed by atoms with E-state index in [4.69, 9.17) is 0 Å². The Balaban J connectivity index is 1.27. The molecular weight excluding hydrogens is 437 g/mol. The molecule has 3 aromatic rings. The normalized spacial score (nSPS) is 17.9. The number of hydrogen-bond donors (Lipinski definition) is 1. The van der Waals surface area contributed by atoms with Crippen LogP contribution in [-0.2, 0) is 11.0 Å². The lowest BCUT2D eigenvalue weighted by atomic mass is 10.0. The minimum atomic E-state index is -4.51. The van der Waals surface area contributed by atoms with Crippen LogP contribution in [0.2, 0.25) is 0 Å². The Hall–Kier alpha value is -3.40. The van der Waals surface area contributed by atoms with Crippen molar-refractivity contribution in [1.29, 1.82) is 0 Å². The third-order valence-corrected chi connectivity index (χ3v) is 6.18. The maximum atomic E-state index is 12.9. The van der Waals surface area contributed by atoms with Crippen molar-refractivity contribution in [2.45, 2.75) is 24.6 Å². The Bertz CT molecular complexity index is 1220. The summed E-state index contributed by atoms with van der Waals surface area (Å²) in [6.45, 7) is 1.55. The zero-order valence-electron chi connectivity index (χ0n) is 17.5. The van der Waals surface area contributed by atoms with Gasteiger partial charge in [-0.2, -0.15) is 13.2 Å². The lowest BCUT2D eigenvalue weighted by Gasteiger charge is -2.35. The Labute approximate surface area is 187 Å². The molecule has 33 heavy (non-hydrogen) atoms. The molecule has 1 aromatic carbocycles. The average Bonchev–Trinajstić information content (AvgIpc) is 3.40. The SMILES string of the molecule is O=C(c1ccc(-c2ccc3nc(C(F)(F)F)cn3c2)cc1)N1CCN(C(=O)C2(O)CC2)CC1. The van der Waals surface area contributed by atoms with Crippen LogP contribution < -0.4 is 0 Å². The molecule has 0 spiro atoms. The van der Waals surface area contributed by atoms with Gasteiger partial charge in [-0.05, 0) is 48.2 Å². The molecular formula is C23H21F3N4O3. The Morgan fingerprint density at radius 1 is 0.879 bits per heavy atom. The molecule has 5 rings (SSSR count). The maximum absolute atomic E-state index is 12.9. The highest BCUT2D eigenvalue weighted by Gasteiger charge is 2.50. The van der Waals surface area contributed by atoms with Gasteiger partial charge in [-0.3, -0.25) is 9.59 Å². The first-order chi connectivity index (χ1) is 15.6. The zero-order chi connectivity index (χ0) is 23.4. The number of rotatable bonds is 3. The van der Waals surface area contributed by atoms with Gasteiger partial charge in [0.25, 0.3) is 11.8 Å². The topological polar surface area (TPSA) is 78.2 Å². The summed E-state index contributed by atoms with van der Waals surface area (Å²) in [5, 5.41) is 9.99. The predicted molar refractivity (Wildman–Crippen MR) is 112 cm³/mol. The number of aromatic nitrogens is 2. The summed E-state index contributed by atoms with van der Waals surface area (Å²) in [5.41, 5.74) is -0.0160. The fourth-order valence-electron chi connectivity index (χ4n) is 4.03. The molecule has 2 aliphatic rings. The summed E-state index contributed by atoms with van der Waals surface area (Å²) >= 11 is 0. The third-order valence-electron chi connectivity index (χ3n) is 6.18. The minimum absolute atomic E-state index is 0.154. The first-order valence-corrected chi connectivity index (χ1v) is 10.6. The van der Waals surface area contributed by atoms with E-state index in [1.807, 2.05) is 0 Å². The number of fused-ring (bicyclic) bond motifs is 1. The lowest BCUT2D eigenvalue weighted by Crippen LogP contribution is -2.53. The van der Waals surface area contributed by atoms with Gasteiger partial charge in [0.1, 0.15) is 11.2 Å². The number of imidazole rings is 1. The highest BCUT2D eigenvalue weighted by atomic mass is 19.4. The van der Waals surface area contributed by atoms with E-state index in [9.17, 15) is 27.9 Å². The summed E-state index contributed by atoms with van der Waals surface area (Å²) in [6.07, 6.45) is -1.00. The highest BCUT2D eigenvalue weighted by Crippen LogP contribution is 2.37. The highest BCUT2D eigenvalue weighted by molar-refractivity contribution is 5.95. The van der Waals surface area contributed by atoms with Crippen LogP contribution in [0.25, 0.3) is 16.8 Å². The lowest BCUT2D eigenvalue weighted by molar-refractivity contribution is -0.144. The molecule has 0 bridgehead atoms. The van der Waals surface area contributed by atoms with Gasteiger partial charge in [0.05, 0.1) is 0 Å².